The van der Waals surface area contributed by atoms with E-state index in [0.717, 1.165) is 47.4 Å². The molecule has 0 saturated carbocycles. The maximum atomic E-state index is 13.3. The number of aliphatic hydroxyl groups is 1. The summed E-state index contributed by atoms with van der Waals surface area (Å²) >= 11 is 12.3. The number of hydrogen-bond acceptors (Lipinski definition) is 5. The normalized spacial score (nSPS) is 14.9. The second kappa shape index (κ2) is 12.9. The first-order valence-corrected chi connectivity index (χ1v) is 13.6. The van der Waals surface area contributed by atoms with Gasteiger partial charge in [-0.2, -0.15) is 0 Å². The van der Waals surface area contributed by atoms with E-state index in [0.29, 0.717) is 24.7 Å². The highest BCUT2D eigenvalue weighted by molar-refractivity contribution is 6.30. The molecule has 1 aliphatic rings. The number of nitrogens with zero attached hydrogens (tertiary/aromatic N) is 2. The van der Waals surface area contributed by atoms with Crippen molar-refractivity contribution in [2.24, 2.45) is 0 Å². The maximum absolute atomic E-state index is 13.3. The Hall–Kier alpha value is -2.41. The molecule has 0 atom stereocenters. The van der Waals surface area contributed by atoms with E-state index in [1.807, 2.05) is 36.4 Å². The maximum Gasteiger partial charge on any atom is 0.206 e. The van der Waals surface area contributed by atoms with Gasteiger partial charge < -0.3 is 10.4 Å². The fraction of sp³-hybridized carbons (Fsp3) is 0.367. The minimum absolute atomic E-state index is 0.00276. The Morgan fingerprint density at radius 1 is 0.838 bits per heavy atom. The second-order valence-electron chi connectivity index (χ2n) is 9.87. The van der Waals surface area contributed by atoms with Gasteiger partial charge in [0.2, 0.25) is 5.43 Å². The molecule has 0 aliphatic carbocycles. The second-order valence-corrected chi connectivity index (χ2v) is 10.7. The summed E-state index contributed by atoms with van der Waals surface area (Å²) in [4.78, 5) is 18.1. The van der Waals surface area contributed by atoms with Crippen LogP contribution >= 0.6 is 23.2 Å². The first-order valence-electron chi connectivity index (χ1n) is 12.8. The van der Waals surface area contributed by atoms with Crippen LogP contribution in [0.25, 0.3) is 0 Å². The average Bonchev–Trinajstić information content (AvgIpc) is 3.05. The highest BCUT2D eigenvalue weighted by Gasteiger charge is 2.27. The van der Waals surface area contributed by atoms with Crippen LogP contribution in [0.1, 0.15) is 48.1 Å². The lowest BCUT2D eigenvalue weighted by Gasteiger charge is -2.39. The molecule has 3 aromatic rings. The molecule has 1 aliphatic heterocycles. The smallest absolute Gasteiger partial charge is 0.206 e. The number of nitrogens with one attached hydrogen (secondary N) is 1. The summed E-state index contributed by atoms with van der Waals surface area (Å²) in [5.41, 5.74) is 4.82. The van der Waals surface area contributed by atoms with Gasteiger partial charge in [0.15, 0.2) is 0 Å². The number of rotatable bonds is 9. The Morgan fingerprint density at radius 2 is 1.38 bits per heavy atom. The van der Waals surface area contributed by atoms with E-state index >= 15 is 0 Å². The summed E-state index contributed by atoms with van der Waals surface area (Å²) in [7, 11) is 0. The van der Waals surface area contributed by atoms with Crippen LogP contribution in [0.5, 0.6) is 0 Å². The fourth-order valence-corrected chi connectivity index (χ4v) is 5.11. The van der Waals surface area contributed by atoms with Crippen LogP contribution in [0.4, 0.5) is 5.69 Å². The van der Waals surface area contributed by atoms with Crippen molar-refractivity contribution in [3.63, 3.8) is 0 Å². The van der Waals surface area contributed by atoms with E-state index in [-0.39, 0.29) is 18.1 Å². The molecule has 1 saturated heterocycles. The van der Waals surface area contributed by atoms with Gasteiger partial charge in [-0.15, -0.1) is 0 Å². The molecular formula is C30H35Cl2N3O2. The molecule has 3 aromatic carbocycles. The van der Waals surface area contributed by atoms with Crippen molar-refractivity contribution in [2.75, 3.05) is 44.6 Å². The molecule has 0 radical (unpaired) electrons. The van der Waals surface area contributed by atoms with Crippen molar-refractivity contribution in [3.8, 4) is 0 Å². The third kappa shape index (κ3) is 7.13. The summed E-state index contributed by atoms with van der Waals surface area (Å²) < 4.78 is 0. The van der Waals surface area contributed by atoms with Crippen LogP contribution < -0.4 is 10.7 Å². The van der Waals surface area contributed by atoms with Gasteiger partial charge in [-0.1, -0.05) is 73.4 Å². The predicted octanol–water partition coefficient (Wildman–Crippen LogP) is 5.79. The Labute approximate surface area is 229 Å². The van der Waals surface area contributed by atoms with Crippen LogP contribution in [-0.2, 0) is 6.54 Å². The van der Waals surface area contributed by atoms with Gasteiger partial charge >= 0.3 is 0 Å². The minimum Gasteiger partial charge on any atom is -0.395 e. The largest absolute Gasteiger partial charge is 0.395 e. The topological polar surface area (TPSA) is 55.8 Å². The standard InChI is InChI=1S/C30H35Cl2N3O2/c1-21(2)24-3-4-25(30(37)28(19-24)33-13-18-36)20-34-14-16-35(17-15-34)29(22-5-9-26(31)10-6-22)23-7-11-27(32)12-8-23/h3-12,19,21,29,36H,13-18,20H2,1-2H3,(H,33,37). The lowest BCUT2D eigenvalue weighted by molar-refractivity contribution is 0.104. The summed E-state index contributed by atoms with van der Waals surface area (Å²) in [6.07, 6.45) is 0. The highest BCUT2D eigenvalue weighted by atomic mass is 35.5. The molecule has 4 rings (SSSR count). The van der Waals surface area contributed by atoms with Crippen molar-refractivity contribution in [1.82, 2.24) is 9.80 Å². The zero-order valence-electron chi connectivity index (χ0n) is 21.5. The number of hydrogen-bond donors (Lipinski definition) is 2. The molecule has 0 spiro atoms. The van der Waals surface area contributed by atoms with Crippen LogP contribution in [-0.4, -0.2) is 54.2 Å². The molecule has 0 amide bonds. The minimum atomic E-state index is -0.0191. The van der Waals surface area contributed by atoms with Crippen LogP contribution in [0.15, 0.2) is 71.5 Å². The number of anilines is 1. The van der Waals surface area contributed by atoms with E-state index in [1.165, 1.54) is 11.1 Å². The van der Waals surface area contributed by atoms with Crippen LogP contribution in [0.2, 0.25) is 10.0 Å². The Bertz CT molecular complexity index is 1180. The molecule has 196 valence electrons. The number of aliphatic hydroxyl groups excluding tert-OH is 1. The molecule has 1 heterocycles. The van der Waals surface area contributed by atoms with Crippen molar-refractivity contribution in [1.29, 1.82) is 0 Å². The lowest BCUT2D eigenvalue weighted by Crippen LogP contribution is -2.47. The zero-order chi connectivity index (χ0) is 26.4. The quantitative estimate of drug-likeness (QED) is 0.360. The lowest BCUT2D eigenvalue weighted by atomic mass is 9.96. The average molecular weight is 541 g/mol. The Balaban J connectivity index is 1.52. The van der Waals surface area contributed by atoms with Crippen molar-refractivity contribution in [3.05, 3.63) is 109 Å². The summed E-state index contributed by atoms with van der Waals surface area (Å²) in [6.45, 7) is 8.61. The number of benzene rings is 2. The molecule has 0 bridgehead atoms. The number of piperazine rings is 1. The molecule has 0 aromatic heterocycles. The van der Waals surface area contributed by atoms with Crippen molar-refractivity contribution < 1.29 is 5.11 Å². The van der Waals surface area contributed by atoms with E-state index in [4.69, 9.17) is 23.2 Å². The molecule has 1 fully saturated rings. The zero-order valence-corrected chi connectivity index (χ0v) is 23.0. The first kappa shape index (κ1) is 27.6. The monoisotopic (exact) mass is 539 g/mol. The van der Waals surface area contributed by atoms with Crippen molar-refractivity contribution >= 4 is 28.9 Å². The van der Waals surface area contributed by atoms with Gasteiger partial charge in [-0.25, -0.2) is 0 Å². The predicted molar refractivity (Wildman–Crippen MR) is 154 cm³/mol. The summed E-state index contributed by atoms with van der Waals surface area (Å²) in [6, 6.07) is 22.2. The van der Waals surface area contributed by atoms with E-state index in [9.17, 15) is 9.90 Å². The van der Waals surface area contributed by atoms with Gasteiger partial charge in [0.05, 0.1) is 18.3 Å². The van der Waals surface area contributed by atoms with Gasteiger partial charge in [-0.3, -0.25) is 14.6 Å². The van der Waals surface area contributed by atoms with E-state index < -0.39 is 0 Å². The number of halogens is 2. The van der Waals surface area contributed by atoms with Crippen molar-refractivity contribution in [2.45, 2.75) is 32.4 Å². The van der Waals surface area contributed by atoms with E-state index in [2.05, 4.69) is 59.3 Å². The van der Waals surface area contributed by atoms with Gasteiger partial charge in [0, 0.05) is 54.9 Å². The van der Waals surface area contributed by atoms with Gasteiger partial charge in [-0.05, 0) is 52.9 Å². The Morgan fingerprint density at radius 3 is 1.89 bits per heavy atom. The van der Waals surface area contributed by atoms with E-state index in [1.54, 1.807) is 0 Å². The van der Waals surface area contributed by atoms with Crippen LogP contribution in [0.3, 0.4) is 0 Å². The SMILES string of the molecule is CC(C)c1ccc(CN2CCN(C(c3ccc(Cl)cc3)c3ccc(Cl)cc3)CC2)c(=O)c(NCCO)c1. The molecule has 5 nitrogen and oxygen atoms in total. The summed E-state index contributed by atoms with van der Waals surface area (Å²) in [5.74, 6) is 0.301. The van der Waals surface area contributed by atoms with Gasteiger partial charge in [0.25, 0.3) is 0 Å². The Kier molecular flexibility index (Phi) is 9.63. The molecule has 7 heteroatoms. The molecule has 37 heavy (non-hydrogen) atoms. The van der Waals surface area contributed by atoms with Crippen LogP contribution in [0, 0.1) is 0 Å². The first-order chi connectivity index (χ1) is 17.9. The molecule has 2 N–H and O–H groups in total. The summed E-state index contributed by atoms with van der Waals surface area (Å²) in [5, 5.41) is 13.8. The highest BCUT2D eigenvalue weighted by Crippen LogP contribution is 2.31. The third-order valence-corrected chi connectivity index (χ3v) is 7.46. The van der Waals surface area contributed by atoms with Gasteiger partial charge in [0.1, 0.15) is 0 Å². The molecular weight excluding hydrogens is 505 g/mol. The third-order valence-electron chi connectivity index (χ3n) is 6.96. The molecule has 0 unspecified atom stereocenters. The fourth-order valence-electron chi connectivity index (χ4n) is 4.86.